The number of ether oxygens (including phenoxy) is 1. The Labute approximate surface area is 136 Å². The Bertz CT molecular complexity index is 655. The maximum Gasteiger partial charge on any atom is 0.305 e. The van der Waals surface area contributed by atoms with Crippen LogP contribution >= 0.6 is 0 Å². The van der Waals surface area contributed by atoms with Crippen molar-refractivity contribution in [1.29, 1.82) is 0 Å². The highest BCUT2D eigenvalue weighted by Crippen LogP contribution is 2.33. The first-order chi connectivity index (χ1) is 10.9. The molecule has 2 N–H and O–H groups in total. The molecular formula is C19H22O4. The fourth-order valence-electron chi connectivity index (χ4n) is 2.68. The van der Waals surface area contributed by atoms with Gasteiger partial charge in [-0.1, -0.05) is 24.3 Å². The summed E-state index contributed by atoms with van der Waals surface area (Å²) in [4.78, 5) is 11.5. The molecule has 0 fully saturated rings. The largest absolute Gasteiger partial charge is 0.508 e. The number of hydrogen-bond donors (Lipinski definition) is 2. The van der Waals surface area contributed by atoms with Crippen molar-refractivity contribution in [3.8, 4) is 11.5 Å². The summed E-state index contributed by atoms with van der Waals surface area (Å²) in [7, 11) is 1.38. The highest BCUT2D eigenvalue weighted by atomic mass is 16.5. The molecule has 2 aromatic carbocycles. The maximum atomic E-state index is 11.5. The van der Waals surface area contributed by atoms with E-state index in [0.29, 0.717) is 12.8 Å². The van der Waals surface area contributed by atoms with Crippen LogP contribution in [0.15, 0.2) is 36.4 Å². The Balaban J connectivity index is 2.39. The molecule has 0 aliphatic carbocycles. The molecule has 2 aromatic rings. The van der Waals surface area contributed by atoms with E-state index in [1.807, 2.05) is 38.1 Å². The van der Waals surface area contributed by atoms with Gasteiger partial charge in [-0.3, -0.25) is 4.79 Å². The van der Waals surface area contributed by atoms with Crippen LogP contribution in [0.25, 0.3) is 0 Å². The average molecular weight is 314 g/mol. The molecule has 4 heteroatoms. The SMILES string of the molecule is COC(=O)CCC(c1ccc(O)c(C)c1)c1ccc(O)c(C)c1. The molecular weight excluding hydrogens is 292 g/mol. The predicted octanol–water partition coefficient (Wildman–Crippen LogP) is 3.80. The van der Waals surface area contributed by atoms with Crippen molar-refractivity contribution < 1.29 is 19.7 Å². The molecule has 0 radical (unpaired) electrons. The molecule has 0 bridgehead atoms. The van der Waals surface area contributed by atoms with Gasteiger partial charge in [-0.15, -0.1) is 0 Å². The lowest BCUT2D eigenvalue weighted by molar-refractivity contribution is -0.140. The molecule has 0 unspecified atom stereocenters. The first-order valence-corrected chi connectivity index (χ1v) is 7.58. The van der Waals surface area contributed by atoms with Gasteiger partial charge in [-0.25, -0.2) is 0 Å². The molecule has 0 saturated heterocycles. The van der Waals surface area contributed by atoms with Crippen molar-refractivity contribution in [2.45, 2.75) is 32.6 Å². The standard InChI is InChI=1S/C19H22O4/c1-12-10-14(4-7-17(12)20)16(6-9-19(22)23-3)15-5-8-18(21)13(2)11-15/h4-5,7-8,10-11,16,20-21H,6,9H2,1-3H3. The van der Waals surface area contributed by atoms with Crippen LogP contribution in [0.3, 0.4) is 0 Å². The quantitative estimate of drug-likeness (QED) is 0.824. The summed E-state index contributed by atoms with van der Waals surface area (Å²) >= 11 is 0. The van der Waals surface area contributed by atoms with Gasteiger partial charge in [0.15, 0.2) is 0 Å². The Morgan fingerprint density at radius 1 is 1.00 bits per heavy atom. The van der Waals surface area contributed by atoms with Crippen LogP contribution in [0.2, 0.25) is 0 Å². The zero-order valence-electron chi connectivity index (χ0n) is 13.7. The lowest BCUT2D eigenvalue weighted by Gasteiger charge is -2.19. The number of esters is 1. The van der Waals surface area contributed by atoms with E-state index in [4.69, 9.17) is 4.74 Å². The van der Waals surface area contributed by atoms with Crippen LogP contribution in [0.5, 0.6) is 11.5 Å². The number of aromatic hydroxyl groups is 2. The second-order valence-corrected chi connectivity index (χ2v) is 5.76. The highest BCUT2D eigenvalue weighted by Gasteiger charge is 2.18. The van der Waals surface area contributed by atoms with Crippen LogP contribution in [-0.2, 0) is 9.53 Å². The number of aryl methyl sites for hydroxylation is 2. The van der Waals surface area contributed by atoms with Gasteiger partial charge in [-0.05, 0) is 54.7 Å². The minimum Gasteiger partial charge on any atom is -0.508 e. The summed E-state index contributed by atoms with van der Waals surface area (Å²) in [5.74, 6) is 0.249. The van der Waals surface area contributed by atoms with Gasteiger partial charge >= 0.3 is 5.97 Å². The van der Waals surface area contributed by atoms with Crippen LogP contribution < -0.4 is 0 Å². The van der Waals surface area contributed by atoms with E-state index < -0.39 is 0 Å². The van der Waals surface area contributed by atoms with Crippen LogP contribution in [0, 0.1) is 13.8 Å². The van der Waals surface area contributed by atoms with E-state index in [9.17, 15) is 15.0 Å². The Hall–Kier alpha value is -2.49. The average Bonchev–Trinajstić information content (AvgIpc) is 2.53. The van der Waals surface area contributed by atoms with Gasteiger partial charge < -0.3 is 14.9 Å². The molecule has 0 aliphatic rings. The number of carbonyl (C=O) groups is 1. The minimum absolute atomic E-state index is 0.00676. The smallest absolute Gasteiger partial charge is 0.305 e. The first-order valence-electron chi connectivity index (χ1n) is 7.58. The summed E-state index contributed by atoms with van der Waals surface area (Å²) in [6.45, 7) is 3.69. The molecule has 0 heterocycles. The van der Waals surface area contributed by atoms with Crippen molar-refractivity contribution >= 4 is 5.97 Å². The van der Waals surface area contributed by atoms with Crippen molar-refractivity contribution in [2.75, 3.05) is 7.11 Å². The zero-order valence-corrected chi connectivity index (χ0v) is 13.7. The van der Waals surface area contributed by atoms with Gasteiger partial charge in [0.25, 0.3) is 0 Å². The van der Waals surface area contributed by atoms with E-state index in [1.165, 1.54) is 7.11 Å². The fraction of sp³-hybridized carbons (Fsp3) is 0.316. The predicted molar refractivity (Wildman–Crippen MR) is 88.8 cm³/mol. The van der Waals surface area contributed by atoms with Crippen molar-refractivity contribution in [3.05, 3.63) is 58.7 Å². The Morgan fingerprint density at radius 3 is 1.87 bits per heavy atom. The third-order valence-electron chi connectivity index (χ3n) is 4.11. The maximum absolute atomic E-state index is 11.5. The monoisotopic (exact) mass is 314 g/mol. The van der Waals surface area contributed by atoms with Crippen molar-refractivity contribution in [2.24, 2.45) is 0 Å². The van der Waals surface area contributed by atoms with Crippen LogP contribution in [0.4, 0.5) is 0 Å². The van der Waals surface area contributed by atoms with Gasteiger partial charge in [0, 0.05) is 12.3 Å². The van der Waals surface area contributed by atoms with Gasteiger partial charge in [0.05, 0.1) is 7.11 Å². The van der Waals surface area contributed by atoms with Crippen molar-refractivity contribution in [3.63, 3.8) is 0 Å². The molecule has 0 saturated carbocycles. The lowest BCUT2D eigenvalue weighted by atomic mass is 9.86. The molecule has 0 atom stereocenters. The minimum atomic E-state index is -0.249. The molecule has 0 aliphatic heterocycles. The fourth-order valence-corrected chi connectivity index (χ4v) is 2.68. The number of methoxy groups -OCH3 is 1. The van der Waals surface area contributed by atoms with Crippen LogP contribution in [0.1, 0.15) is 41.0 Å². The van der Waals surface area contributed by atoms with Gasteiger partial charge in [-0.2, -0.15) is 0 Å². The molecule has 23 heavy (non-hydrogen) atoms. The molecule has 0 aromatic heterocycles. The zero-order chi connectivity index (χ0) is 17.0. The van der Waals surface area contributed by atoms with Gasteiger partial charge in [0.2, 0.25) is 0 Å². The molecule has 0 amide bonds. The van der Waals surface area contributed by atoms with E-state index in [1.54, 1.807) is 12.1 Å². The molecule has 2 rings (SSSR count). The summed E-state index contributed by atoms with van der Waals surface area (Å²) < 4.78 is 4.74. The number of hydrogen-bond acceptors (Lipinski definition) is 4. The van der Waals surface area contributed by atoms with Gasteiger partial charge in [0.1, 0.15) is 11.5 Å². The summed E-state index contributed by atoms with van der Waals surface area (Å²) in [5.41, 5.74) is 3.63. The van der Waals surface area contributed by atoms with E-state index in [0.717, 1.165) is 22.3 Å². The van der Waals surface area contributed by atoms with E-state index in [2.05, 4.69) is 0 Å². The third kappa shape index (κ3) is 4.03. The second kappa shape index (κ2) is 7.18. The normalized spacial score (nSPS) is 10.8. The number of phenolic OH excluding ortho intramolecular Hbond substituents is 2. The summed E-state index contributed by atoms with van der Waals surface area (Å²) in [5, 5.41) is 19.5. The number of phenols is 2. The van der Waals surface area contributed by atoms with Crippen molar-refractivity contribution in [1.82, 2.24) is 0 Å². The van der Waals surface area contributed by atoms with E-state index >= 15 is 0 Å². The molecule has 122 valence electrons. The van der Waals surface area contributed by atoms with Crippen LogP contribution in [-0.4, -0.2) is 23.3 Å². The molecule has 4 nitrogen and oxygen atoms in total. The number of benzene rings is 2. The highest BCUT2D eigenvalue weighted by molar-refractivity contribution is 5.69. The summed E-state index contributed by atoms with van der Waals surface area (Å²) in [6.07, 6.45) is 0.905. The third-order valence-corrected chi connectivity index (χ3v) is 4.11. The Morgan fingerprint density at radius 2 is 1.48 bits per heavy atom. The lowest BCUT2D eigenvalue weighted by Crippen LogP contribution is -2.07. The summed E-state index contributed by atoms with van der Waals surface area (Å²) in [6, 6.07) is 10.9. The first kappa shape index (κ1) is 16.9. The number of rotatable bonds is 5. The van der Waals surface area contributed by atoms with E-state index in [-0.39, 0.29) is 23.4 Å². The number of carbonyl (C=O) groups excluding carboxylic acids is 1. The molecule has 0 spiro atoms. The second-order valence-electron chi connectivity index (χ2n) is 5.76. The Kier molecular flexibility index (Phi) is 5.27. The topological polar surface area (TPSA) is 66.8 Å².